The van der Waals surface area contributed by atoms with E-state index in [4.69, 9.17) is 9.84 Å². The molecular formula is C11H19NO2. The van der Waals surface area contributed by atoms with Crippen molar-refractivity contribution in [2.24, 2.45) is 0 Å². The van der Waals surface area contributed by atoms with E-state index in [9.17, 15) is 0 Å². The summed E-state index contributed by atoms with van der Waals surface area (Å²) in [5.41, 5.74) is 2.59. The van der Waals surface area contributed by atoms with Crippen LogP contribution >= 0.6 is 0 Å². The quantitative estimate of drug-likeness (QED) is 0.790. The predicted octanol–water partition coefficient (Wildman–Crippen LogP) is 2.23. The maximum atomic E-state index is 8.91. The van der Waals surface area contributed by atoms with E-state index in [1.165, 1.54) is 0 Å². The molecule has 0 fully saturated rings. The number of nitrogens with zero attached hydrogens (tertiary/aromatic N) is 1. The molecule has 0 aliphatic rings. The largest absolute Gasteiger partial charge is 0.496 e. The summed E-state index contributed by atoms with van der Waals surface area (Å²) in [5.74, 6) is 0.814. The highest BCUT2D eigenvalue weighted by Crippen LogP contribution is 2.23. The van der Waals surface area contributed by atoms with Crippen molar-refractivity contribution in [1.82, 2.24) is 4.98 Å². The van der Waals surface area contributed by atoms with Crippen LogP contribution < -0.4 is 4.74 Å². The van der Waals surface area contributed by atoms with Crippen LogP contribution in [0.4, 0.5) is 0 Å². The van der Waals surface area contributed by atoms with Gasteiger partial charge in [0.2, 0.25) is 0 Å². The summed E-state index contributed by atoms with van der Waals surface area (Å²) in [6.07, 6.45) is 1.71. The Hall–Kier alpha value is -1.09. The van der Waals surface area contributed by atoms with Crippen molar-refractivity contribution in [2.75, 3.05) is 7.11 Å². The molecule has 1 aromatic heterocycles. The van der Waals surface area contributed by atoms with E-state index in [-0.39, 0.29) is 6.61 Å². The van der Waals surface area contributed by atoms with Crippen molar-refractivity contribution < 1.29 is 9.84 Å². The van der Waals surface area contributed by atoms with Gasteiger partial charge in [-0.25, -0.2) is 0 Å². The molecule has 14 heavy (non-hydrogen) atoms. The molecule has 0 aliphatic heterocycles. The van der Waals surface area contributed by atoms with Crippen molar-refractivity contribution in [3.63, 3.8) is 0 Å². The Kier molecular flexibility index (Phi) is 5.88. The first-order valence-corrected chi connectivity index (χ1v) is 4.80. The molecule has 0 atom stereocenters. The highest BCUT2D eigenvalue weighted by atomic mass is 16.5. The van der Waals surface area contributed by atoms with Gasteiger partial charge in [-0.15, -0.1) is 0 Å². The van der Waals surface area contributed by atoms with Crippen LogP contribution in [0.25, 0.3) is 0 Å². The van der Waals surface area contributed by atoms with Gasteiger partial charge in [-0.2, -0.15) is 0 Å². The monoisotopic (exact) mass is 197 g/mol. The van der Waals surface area contributed by atoms with E-state index in [2.05, 4.69) is 4.98 Å². The van der Waals surface area contributed by atoms with Crippen molar-refractivity contribution in [3.8, 4) is 5.75 Å². The zero-order valence-corrected chi connectivity index (χ0v) is 9.59. The zero-order valence-electron chi connectivity index (χ0n) is 9.59. The van der Waals surface area contributed by atoms with Crippen LogP contribution in [0.3, 0.4) is 0 Å². The van der Waals surface area contributed by atoms with E-state index in [1.54, 1.807) is 13.3 Å². The molecule has 0 bridgehead atoms. The molecule has 0 radical (unpaired) electrons. The standard InChI is InChI=1S/C9H13NO2.C2H6/c1-6-4-10-8(5-11)7(2)9(6)12-3;1-2/h4,11H,5H2,1-3H3;1-2H3. The van der Waals surface area contributed by atoms with Gasteiger partial charge >= 0.3 is 0 Å². The molecule has 0 aliphatic carbocycles. The van der Waals surface area contributed by atoms with Crippen LogP contribution in [-0.4, -0.2) is 17.2 Å². The van der Waals surface area contributed by atoms with Gasteiger partial charge in [0, 0.05) is 17.3 Å². The van der Waals surface area contributed by atoms with Gasteiger partial charge in [0.05, 0.1) is 19.4 Å². The van der Waals surface area contributed by atoms with Crippen LogP contribution in [-0.2, 0) is 6.61 Å². The third kappa shape index (κ3) is 2.70. The number of aromatic nitrogens is 1. The number of aliphatic hydroxyl groups is 1. The van der Waals surface area contributed by atoms with Crippen LogP contribution in [0.1, 0.15) is 30.7 Å². The molecule has 3 heteroatoms. The number of hydrogen-bond acceptors (Lipinski definition) is 3. The lowest BCUT2D eigenvalue weighted by atomic mass is 10.1. The Bertz CT molecular complexity index is 285. The lowest BCUT2D eigenvalue weighted by Gasteiger charge is -2.10. The van der Waals surface area contributed by atoms with E-state index >= 15 is 0 Å². The number of pyridine rings is 1. The van der Waals surface area contributed by atoms with Gasteiger partial charge in [-0.1, -0.05) is 13.8 Å². The SMILES string of the molecule is CC.COc1c(C)cnc(CO)c1C. The fourth-order valence-electron chi connectivity index (χ4n) is 1.23. The summed E-state index contributed by atoms with van der Waals surface area (Å²) in [7, 11) is 1.62. The molecule has 1 N–H and O–H groups in total. The third-order valence-corrected chi connectivity index (χ3v) is 1.90. The van der Waals surface area contributed by atoms with Crippen molar-refractivity contribution >= 4 is 0 Å². The smallest absolute Gasteiger partial charge is 0.128 e. The maximum Gasteiger partial charge on any atom is 0.128 e. The number of ether oxygens (including phenoxy) is 1. The Morgan fingerprint density at radius 3 is 2.36 bits per heavy atom. The zero-order chi connectivity index (χ0) is 11.1. The second kappa shape index (κ2) is 6.38. The van der Waals surface area contributed by atoms with Crippen LogP contribution in [0.15, 0.2) is 6.20 Å². The maximum absolute atomic E-state index is 8.91. The summed E-state index contributed by atoms with van der Waals surface area (Å²) < 4.78 is 5.17. The lowest BCUT2D eigenvalue weighted by Crippen LogP contribution is -1.99. The summed E-state index contributed by atoms with van der Waals surface area (Å²) in [6.45, 7) is 7.78. The average Bonchev–Trinajstić information content (AvgIpc) is 2.22. The van der Waals surface area contributed by atoms with E-state index < -0.39 is 0 Å². The highest BCUT2D eigenvalue weighted by Gasteiger charge is 2.07. The molecule has 3 nitrogen and oxygen atoms in total. The average molecular weight is 197 g/mol. The van der Waals surface area contributed by atoms with Gasteiger partial charge in [0.1, 0.15) is 5.75 Å². The van der Waals surface area contributed by atoms with Crippen LogP contribution in [0.5, 0.6) is 5.75 Å². The second-order valence-electron chi connectivity index (χ2n) is 2.70. The van der Waals surface area contributed by atoms with Gasteiger partial charge < -0.3 is 9.84 Å². The Balaban J connectivity index is 0.000000791. The van der Waals surface area contributed by atoms with Crippen molar-refractivity contribution in [1.29, 1.82) is 0 Å². The Labute approximate surface area is 85.8 Å². The number of aryl methyl sites for hydroxylation is 1. The molecule has 1 heterocycles. The molecule has 0 aromatic carbocycles. The predicted molar refractivity (Wildman–Crippen MR) is 57.5 cm³/mol. The fourth-order valence-corrected chi connectivity index (χ4v) is 1.23. The van der Waals surface area contributed by atoms with Crippen LogP contribution in [0, 0.1) is 13.8 Å². The van der Waals surface area contributed by atoms with E-state index in [1.807, 2.05) is 27.7 Å². The summed E-state index contributed by atoms with van der Waals surface area (Å²) in [5, 5.41) is 8.91. The van der Waals surface area contributed by atoms with Gasteiger partial charge in [0.25, 0.3) is 0 Å². The first kappa shape index (κ1) is 12.9. The summed E-state index contributed by atoms with van der Waals surface area (Å²) >= 11 is 0. The molecular weight excluding hydrogens is 178 g/mol. The molecule has 0 unspecified atom stereocenters. The minimum Gasteiger partial charge on any atom is -0.496 e. The molecule has 0 amide bonds. The molecule has 80 valence electrons. The fraction of sp³-hybridized carbons (Fsp3) is 0.545. The minimum absolute atomic E-state index is 0.0392. The summed E-state index contributed by atoms with van der Waals surface area (Å²) in [6, 6.07) is 0. The number of aliphatic hydroxyl groups excluding tert-OH is 1. The molecule has 0 spiro atoms. The van der Waals surface area contributed by atoms with Gasteiger partial charge in [-0.05, 0) is 13.8 Å². The van der Waals surface area contributed by atoms with Crippen molar-refractivity contribution in [2.45, 2.75) is 34.3 Å². The van der Waals surface area contributed by atoms with Gasteiger partial charge in [0.15, 0.2) is 0 Å². The topological polar surface area (TPSA) is 42.4 Å². The normalized spacial score (nSPS) is 9.00. The number of methoxy groups -OCH3 is 1. The number of hydrogen-bond donors (Lipinski definition) is 1. The first-order valence-electron chi connectivity index (χ1n) is 4.80. The van der Waals surface area contributed by atoms with E-state index in [0.717, 1.165) is 16.9 Å². The minimum atomic E-state index is -0.0392. The second-order valence-corrected chi connectivity index (χ2v) is 2.70. The van der Waals surface area contributed by atoms with Crippen LogP contribution in [0.2, 0.25) is 0 Å². The molecule has 1 aromatic rings. The molecule has 0 saturated carbocycles. The Morgan fingerprint density at radius 1 is 1.36 bits per heavy atom. The Morgan fingerprint density at radius 2 is 1.93 bits per heavy atom. The highest BCUT2D eigenvalue weighted by molar-refractivity contribution is 5.40. The first-order chi connectivity index (χ1) is 6.70. The van der Waals surface area contributed by atoms with Gasteiger partial charge in [-0.3, -0.25) is 4.98 Å². The summed E-state index contributed by atoms with van der Waals surface area (Å²) in [4.78, 5) is 4.07. The van der Waals surface area contributed by atoms with E-state index in [0.29, 0.717) is 5.69 Å². The third-order valence-electron chi connectivity index (χ3n) is 1.90. The molecule has 1 rings (SSSR count). The molecule has 0 saturated heterocycles. The number of rotatable bonds is 2. The lowest BCUT2D eigenvalue weighted by molar-refractivity contribution is 0.274. The van der Waals surface area contributed by atoms with Crippen molar-refractivity contribution in [3.05, 3.63) is 23.0 Å².